The summed E-state index contributed by atoms with van der Waals surface area (Å²) in [4.78, 5) is 27.6. The lowest BCUT2D eigenvalue weighted by Gasteiger charge is -2.37. The molecule has 30 heavy (non-hydrogen) atoms. The first-order chi connectivity index (χ1) is 14.4. The molecule has 0 saturated carbocycles. The molecule has 2 heterocycles. The van der Waals surface area contributed by atoms with E-state index in [2.05, 4.69) is 5.32 Å². The Hall–Kier alpha value is -2.16. The number of amides is 2. The summed E-state index contributed by atoms with van der Waals surface area (Å²) in [5.41, 5.74) is 0.884. The van der Waals surface area contributed by atoms with Crippen molar-refractivity contribution in [2.24, 2.45) is 5.92 Å². The molecule has 2 aliphatic heterocycles. The highest BCUT2D eigenvalue weighted by Gasteiger charge is 2.58. The van der Waals surface area contributed by atoms with Crippen LogP contribution in [0.4, 0.5) is 4.79 Å². The van der Waals surface area contributed by atoms with Crippen molar-refractivity contribution in [1.82, 2.24) is 10.2 Å². The van der Waals surface area contributed by atoms with Crippen molar-refractivity contribution in [1.29, 1.82) is 0 Å². The maximum atomic E-state index is 13.4. The maximum absolute atomic E-state index is 13.4. The minimum absolute atomic E-state index is 0.140. The highest BCUT2D eigenvalue weighted by molar-refractivity contribution is 5.86. The third kappa shape index (κ3) is 4.77. The second-order valence-electron chi connectivity index (χ2n) is 8.22. The molecular formula is C22H32N2O6. The average molecular weight is 421 g/mol. The van der Waals surface area contributed by atoms with Crippen molar-refractivity contribution < 1.29 is 28.5 Å². The molecule has 3 atom stereocenters. The predicted molar refractivity (Wildman–Crippen MR) is 110 cm³/mol. The zero-order chi connectivity index (χ0) is 21.7. The third-order valence-corrected chi connectivity index (χ3v) is 5.78. The minimum Gasteiger partial charge on any atom is -0.445 e. The normalized spacial score (nSPS) is 23.3. The molecule has 3 rings (SSSR count). The molecular weight excluding hydrogens is 388 g/mol. The summed E-state index contributed by atoms with van der Waals surface area (Å²) in [6, 6.07) is 8.38. The van der Waals surface area contributed by atoms with Crippen LogP contribution in [-0.4, -0.2) is 68.2 Å². The van der Waals surface area contributed by atoms with E-state index in [1.165, 1.54) is 0 Å². The van der Waals surface area contributed by atoms with Crippen molar-refractivity contribution in [3.05, 3.63) is 35.9 Å². The highest BCUT2D eigenvalue weighted by atomic mass is 16.7. The quantitative estimate of drug-likeness (QED) is 0.650. The SMILES string of the molecule is COC1(OC)CO[C@@H]2CCN(C(=O)[C@H](CC(C)C)NC(=O)OCc3ccccc3)[C@@H]21. The van der Waals surface area contributed by atoms with Gasteiger partial charge in [0, 0.05) is 20.8 Å². The van der Waals surface area contributed by atoms with Gasteiger partial charge in [-0.1, -0.05) is 44.2 Å². The van der Waals surface area contributed by atoms with Gasteiger partial charge in [0.1, 0.15) is 25.3 Å². The van der Waals surface area contributed by atoms with Crippen LogP contribution in [0.1, 0.15) is 32.3 Å². The Bertz CT molecular complexity index is 722. The Balaban J connectivity index is 1.68. The Morgan fingerprint density at radius 1 is 1.23 bits per heavy atom. The topological polar surface area (TPSA) is 86.3 Å². The molecule has 0 spiro atoms. The van der Waals surface area contributed by atoms with E-state index in [1.54, 1.807) is 19.1 Å². The number of methoxy groups -OCH3 is 2. The van der Waals surface area contributed by atoms with Gasteiger partial charge in [-0.3, -0.25) is 4.79 Å². The van der Waals surface area contributed by atoms with Gasteiger partial charge in [0.25, 0.3) is 0 Å². The average Bonchev–Trinajstić information content (AvgIpc) is 3.32. The maximum Gasteiger partial charge on any atom is 0.408 e. The first-order valence-electron chi connectivity index (χ1n) is 10.4. The monoisotopic (exact) mass is 420 g/mol. The third-order valence-electron chi connectivity index (χ3n) is 5.78. The van der Waals surface area contributed by atoms with Crippen molar-refractivity contribution in [3.8, 4) is 0 Å². The number of carbonyl (C=O) groups excluding carboxylic acids is 2. The number of carbonyl (C=O) groups is 2. The molecule has 0 aliphatic carbocycles. The van der Waals surface area contributed by atoms with E-state index in [-0.39, 0.29) is 37.2 Å². The lowest BCUT2D eigenvalue weighted by Crippen LogP contribution is -2.58. The molecule has 1 aromatic carbocycles. The summed E-state index contributed by atoms with van der Waals surface area (Å²) in [5, 5.41) is 2.76. The summed E-state index contributed by atoms with van der Waals surface area (Å²) >= 11 is 0. The molecule has 8 nitrogen and oxygen atoms in total. The number of likely N-dealkylation sites (tertiary alicyclic amines) is 1. The molecule has 2 aliphatic rings. The first-order valence-corrected chi connectivity index (χ1v) is 10.4. The number of nitrogens with one attached hydrogen (secondary N) is 1. The van der Waals surface area contributed by atoms with Crippen LogP contribution in [0.25, 0.3) is 0 Å². The molecule has 0 bridgehead atoms. The fraction of sp³-hybridized carbons (Fsp3) is 0.636. The van der Waals surface area contributed by atoms with Crippen LogP contribution in [0.5, 0.6) is 0 Å². The van der Waals surface area contributed by atoms with Crippen molar-refractivity contribution in [3.63, 3.8) is 0 Å². The zero-order valence-electron chi connectivity index (χ0n) is 18.1. The predicted octanol–water partition coefficient (Wildman–Crippen LogP) is 2.32. The van der Waals surface area contributed by atoms with E-state index in [4.69, 9.17) is 18.9 Å². The van der Waals surface area contributed by atoms with Gasteiger partial charge in [0.05, 0.1) is 6.10 Å². The molecule has 8 heteroatoms. The number of fused-ring (bicyclic) bond motifs is 1. The Labute approximate surface area is 177 Å². The van der Waals surface area contributed by atoms with Gasteiger partial charge in [-0.05, 0) is 24.3 Å². The van der Waals surface area contributed by atoms with Crippen LogP contribution in [0.2, 0.25) is 0 Å². The molecule has 2 amide bonds. The molecule has 0 unspecified atom stereocenters. The van der Waals surface area contributed by atoms with E-state index in [1.807, 2.05) is 44.2 Å². The number of nitrogens with zero attached hydrogens (tertiary/aromatic N) is 1. The van der Waals surface area contributed by atoms with Gasteiger partial charge in [-0.15, -0.1) is 0 Å². The lowest BCUT2D eigenvalue weighted by atomic mass is 10.0. The number of hydrogen-bond donors (Lipinski definition) is 1. The zero-order valence-corrected chi connectivity index (χ0v) is 18.1. The van der Waals surface area contributed by atoms with Crippen LogP contribution in [-0.2, 0) is 30.3 Å². The largest absolute Gasteiger partial charge is 0.445 e. The smallest absolute Gasteiger partial charge is 0.408 e. The summed E-state index contributed by atoms with van der Waals surface area (Å²) in [6.07, 6.45) is 0.457. The molecule has 1 N–H and O–H groups in total. The Morgan fingerprint density at radius 2 is 1.93 bits per heavy atom. The second-order valence-corrected chi connectivity index (χ2v) is 8.22. The van der Waals surface area contributed by atoms with Crippen LogP contribution < -0.4 is 5.32 Å². The number of alkyl carbamates (subject to hydrolysis) is 1. The van der Waals surface area contributed by atoms with Gasteiger partial charge in [-0.2, -0.15) is 0 Å². The number of hydrogen-bond acceptors (Lipinski definition) is 6. The van der Waals surface area contributed by atoms with Gasteiger partial charge < -0.3 is 29.2 Å². The van der Waals surface area contributed by atoms with E-state index in [0.717, 1.165) is 5.56 Å². The second kappa shape index (κ2) is 9.76. The van der Waals surface area contributed by atoms with Crippen LogP contribution in [0.15, 0.2) is 30.3 Å². The fourth-order valence-corrected chi connectivity index (χ4v) is 4.26. The Kier molecular flexibility index (Phi) is 7.33. The van der Waals surface area contributed by atoms with Crippen molar-refractivity contribution in [2.75, 3.05) is 27.4 Å². The summed E-state index contributed by atoms with van der Waals surface area (Å²) in [5.74, 6) is -0.953. The molecule has 2 saturated heterocycles. The molecule has 2 fully saturated rings. The van der Waals surface area contributed by atoms with Gasteiger partial charge in [-0.25, -0.2) is 4.79 Å². The molecule has 1 aromatic rings. The number of benzene rings is 1. The van der Waals surface area contributed by atoms with E-state index < -0.39 is 17.9 Å². The van der Waals surface area contributed by atoms with Gasteiger partial charge >= 0.3 is 6.09 Å². The first kappa shape index (κ1) is 22.5. The van der Waals surface area contributed by atoms with Crippen molar-refractivity contribution >= 4 is 12.0 Å². The summed E-state index contributed by atoms with van der Waals surface area (Å²) in [7, 11) is 3.11. The molecule has 0 radical (unpaired) electrons. The lowest BCUT2D eigenvalue weighted by molar-refractivity contribution is -0.227. The summed E-state index contributed by atoms with van der Waals surface area (Å²) < 4.78 is 22.4. The van der Waals surface area contributed by atoms with E-state index >= 15 is 0 Å². The van der Waals surface area contributed by atoms with Crippen LogP contribution >= 0.6 is 0 Å². The van der Waals surface area contributed by atoms with E-state index in [9.17, 15) is 9.59 Å². The highest BCUT2D eigenvalue weighted by Crippen LogP contribution is 2.39. The van der Waals surface area contributed by atoms with Crippen LogP contribution in [0, 0.1) is 5.92 Å². The van der Waals surface area contributed by atoms with Crippen molar-refractivity contribution in [2.45, 2.75) is 57.3 Å². The van der Waals surface area contributed by atoms with Gasteiger partial charge in [0.15, 0.2) is 0 Å². The Morgan fingerprint density at radius 3 is 2.57 bits per heavy atom. The minimum atomic E-state index is -0.993. The summed E-state index contributed by atoms with van der Waals surface area (Å²) in [6.45, 7) is 4.96. The fourth-order valence-electron chi connectivity index (χ4n) is 4.26. The number of ether oxygens (including phenoxy) is 4. The van der Waals surface area contributed by atoms with Gasteiger partial charge in [0.2, 0.25) is 11.7 Å². The number of rotatable bonds is 8. The van der Waals surface area contributed by atoms with Crippen LogP contribution in [0.3, 0.4) is 0 Å². The standard InChI is InChI=1S/C22H32N2O6/c1-15(2)12-17(23-21(26)29-13-16-8-6-5-7-9-16)20(25)24-11-10-18-19(24)22(27-3,28-4)14-30-18/h5-9,15,17-19H,10-14H2,1-4H3,(H,23,26)/t17-,18+,19-/m0/s1. The molecule has 166 valence electrons. The van der Waals surface area contributed by atoms with E-state index in [0.29, 0.717) is 19.4 Å². The molecule has 0 aromatic heterocycles.